The summed E-state index contributed by atoms with van der Waals surface area (Å²) in [5, 5.41) is 17.7. The number of hydrogen-bond acceptors (Lipinski definition) is 3. The number of aryl methyl sites for hydroxylation is 1. The van der Waals surface area contributed by atoms with Crippen molar-refractivity contribution in [2.75, 3.05) is 0 Å². The van der Waals surface area contributed by atoms with Crippen molar-refractivity contribution in [3.8, 4) is 0 Å². The average molecular weight is 238 g/mol. The van der Waals surface area contributed by atoms with Gasteiger partial charge in [-0.1, -0.05) is 18.2 Å². The third-order valence-electron chi connectivity index (χ3n) is 2.76. The number of rotatable bonds is 4. The zero-order valence-electron chi connectivity index (χ0n) is 10.3. The Morgan fingerprint density at radius 1 is 1.25 bits per heavy atom. The normalized spacial score (nSPS) is 11.6. The highest BCUT2D eigenvalue weighted by atomic mass is 28.4. The van der Waals surface area contributed by atoms with Crippen LogP contribution in [-0.2, 0) is 10.4 Å². The van der Waals surface area contributed by atoms with Gasteiger partial charge in [0, 0.05) is 0 Å². The Morgan fingerprint density at radius 3 is 2.44 bits per heavy atom. The van der Waals surface area contributed by atoms with Crippen molar-refractivity contribution in [3.63, 3.8) is 0 Å². The summed E-state index contributed by atoms with van der Waals surface area (Å²) >= 11 is 0. The lowest BCUT2D eigenvalue weighted by molar-refractivity contribution is 0.283. The van der Waals surface area contributed by atoms with Crippen LogP contribution in [0.5, 0.6) is 0 Å². The van der Waals surface area contributed by atoms with E-state index < -0.39 is 15.6 Å². The molecule has 2 N–H and O–H groups in total. The van der Waals surface area contributed by atoms with Crippen molar-refractivity contribution in [2.45, 2.75) is 33.0 Å². The van der Waals surface area contributed by atoms with E-state index in [4.69, 9.17) is 14.4 Å². The van der Waals surface area contributed by atoms with Gasteiger partial charge in [0.05, 0.1) is 0 Å². The van der Waals surface area contributed by atoms with E-state index in [1.807, 2.05) is 19.2 Å². The molecule has 0 spiro atoms. The van der Waals surface area contributed by atoms with Gasteiger partial charge in [-0.3, -0.25) is 0 Å². The van der Waals surface area contributed by atoms with Crippen molar-refractivity contribution < 1.29 is 14.4 Å². The first-order valence-corrected chi connectivity index (χ1v) is 8.52. The molecule has 16 heavy (non-hydrogen) atoms. The molecule has 0 aliphatic carbocycles. The maximum atomic E-state index is 8.86. The van der Waals surface area contributed by atoms with Crippen LogP contribution < -0.4 is 0 Å². The molecule has 0 aliphatic rings. The van der Waals surface area contributed by atoms with E-state index in [1.54, 1.807) is 0 Å². The third-order valence-corrected chi connectivity index (χ3v) is 4.84. The van der Waals surface area contributed by atoms with Gasteiger partial charge in [-0.25, -0.2) is 0 Å². The van der Waals surface area contributed by atoms with Gasteiger partial charge in [0.15, 0.2) is 8.32 Å². The average Bonchev–Trinajstić information content (AvgIpc) is 2.10. The number of hydrogen-bond donors (Lipinski definition) is 2. The van der Waals surface area contributed by atoms with Crippen LogP contribution >= 0.6 is 0 Å². The summed E-state index contributed by atoms with van der Waals surface area (Å²) in [6, 6.07) is 6.97. The Bertz CT molecular complexity index is 366. The second-order valence-electron chi connectivity index (χ2n) is 4.74. The molecule has 1 aromatic rings. The molecule has 0 heterocycles. The monoisotopic (exact) mass is 238 g/mol. The van der Waals surface area contributed by atoms with Crippen LogP contribution in [0.1, 0.15) is 16.7 Å². The molecular weight excluding hydrogens is 219 g/mol. The minimum atomic E-state index is -2.06. The number of benzene rings is 1. The molecule has 0 radical (unpaired) electrons. The maximum Gasteiger partial charge on any atom is 0.622 e. The molecule has 3 nitrogen and oxygen atoms in total. The van der Waals surface area contributed by atoms with Crippen LogP contribution in [0.25, 0.3) is 0 Å². The molecule has 0 atom stereocenters. The lowest BCUT2D eigenvalue weighted by atomic mass is 10.1. The SMILES string of the molecule is Cc1cccc(C[Si](C)(C)OB(O)O)c1C. The van der Waals surface area contributed by atoms with Crippen LogP contribution in [0.3, 0.4) is 0 Å². The Morgan fingerprint density at radius 2 is 1.88 bits per heavy atom. The van der Waals surface area contributed by atoms with Crippen LogP contribution in [0.4, 0.5) is 0 Å². The minimum Gasteiger partial charge on any atom is -0.428 e. The minimum absolute atomic E-state index is 0.790. The van der Waals surface area contributed by atoms with Crippen molar-refractivity contribution in [1.82, 2.24) is 0 Å². The molecule has 1 aromatic carbocycles. The fourth-order valence-electron chi connectivity index (χ4n) is 1.79. The van der Waals surface area contributed by atoms with Gasteiger partial charge < -0.3 is 14.4 Å². The summed E-state index contributed by atoms with van der Waals surface area (Å²) in [4.78, 5) is 0. The van der Waals surface area contributed by atoms with Crippen LogP contribution in [0.15, 0.2) is 18.2 Å². The second-order valence-corrected chi connectivity index (χ2v) is 8.85. The summed E-state index contributed by atoms with van der Waals surface area (Å²) in [7, 11) is -3.72. The van der Waals surface area contributed by atoms with E-state index in [9.17, 15) is 0 Å². The molecule has 0 fully saturated rings. The highest BCUT2D eigenvalue weighted by Gasteiger charge is 2.28. The lowest BCUT2D eigenvalue weighted by Gasteiger charge is -2.24. The molecule has 0 saturated carbocycles. The smallest absolute Gasteiger partial charge is 0.428 e. The lowest BCUT2D eigenvalue weighted by Crippen LogP contribution is -2.40. The van der Waals surface area contributed by atoms with Crippen molar-refractivity contribution in [2.24, 2.45) is 0 Å². The Labute approximate surface area is 98.4 Å². The fourth-order valence-corrected chi connectivity index (χ4v) is 3.74. The second kappa shape index (κ2) is 5.14. The van der Waals surface area contributed by atoms with E-state index in [2.05, 4.69) is 26.0 Å². The Kier molecular flexibility index (Phi) is 4.32. The molecule has 0 amide bonds. The Hall–Kier alpha value is -0.618. The van der Waals surface area contributed by atoms with Crippen LogP contribution in [0.2, 0.25) is 13.1 Å². The van der Waals surface area contributed by atoms with Gasteiger partial charge >= 0.3 is 7.32 Å². The van der Waals surface area contributed by atoms with Gasteiger partial charge in [0.25, 0.3) is 0 Å². The molecule has 5 heteroatoms. The molecule has 1 rings (SSSR count). The van der Waals surface area contributed by atoms with Gasteiger partial charge in [-0.2, -0.15) is 0 Å². The van der Waals surface area contributed by atoms with E-state index in [0.29, 0.717) is 0 Å². The van der Waals surface area contributed by atoms with Crippen molar-refractivity contribution in [1.29, 1.82) is 0 Å². The summed E-state index contributed by atoms with van der Waals surface area (Å²) in [6.07, 6.45) is 0. The fraction of sp³-hybridized carbons (Fsp3) is 0.455. The zero-order valence-corrected chi connectivity index (χ0v) is 11.3. The first-order valence-electron chi connectivity index (χ1n) is 5.41. The van der Waals surface area contributed by atoms with E-state index >= 15 is 0 Å². The zero-order chi connectivity index (χ0) is 12.3. The summed E-state index contributed by atoms with van der Waals surface area (Å²) in [5.41, 5.74) is 3.75. The van der Waals surface area contributed by atoms with Crippen molar-refractivity contribution >= 4 is 15.6 Å². The topological polar surface area (TPSA) is 49.7 Å². The van der Waals surface area contributed by atoms with Crippen LogP contribution in [0, 0.1) is 13.8 Å². The Balaban J connectivity index is 2.83. The van der Waals surface area contributed by atoms with Crippen LogP contribution in [-0.4, -0.2) is 25.7 Å². The summed E-state index contributed by atoms with van der Waals surface area (Å²) < 4.78 is 5.19. The summed E-state index contributed by atoms with van der Waals surface area (Å²) in [5.74, 6) is 0. The largest absolute Gasteiger partial charge is 0.622 e. The van der Waals surface area contributed by atoms with E-state index in [0.717, 1.165) is 6.04 Å². The molecule has 88 valence electrons. The first kappa shape index (κ1) is 13.4. The van der Waals surface area contributed by atoms with E-state index in [1.165, 1.54) is 16.7 Å². The molecular formula is C11H19BO3Si. The molecule has 0 aliphatic heterocycles. The van der Waals surface area contributed by atoms with E-state index in [-0.39, 0.29) is 0 Å². The molecule has 0 bridgehead atoms. The molecule has 0 aromatic heterocycles. The van der Waals surface area contributed by atoms with Gasteiger partial charge in [0.1, 0.15) is 0 Å². The predicted octanol–water partition coefficient (Wildman–Crippen LogP) is 1.58. The molecule has 0 saturated heterocycles. The highest BCUT2D eigenvalue weighted by molar-refractivity contribution is 6.75. The molecule has 0 unspecified atom stereocenters. The summed E-state index contributed by atoms with van der Waals surface area (Å²) in [6.45, 7) is 8.13. The maximum absolute atomic E-state index is 8.86. The van der Waals surface area contributed by atoms with Gasteiger partial charge in [-0.15, -0.1) is 0 Å². The standard InChI is InChI=1S/C11H19BO3Si/c1-9-6-5-7-11(10(9)2)8-16(3,4)15-12(13)14/h5-7,13-14H,8H2,1-4H3. The third kappa shape index (κ3) is 3.75. The van der Waals surface area contributed by atoms with Crippen molar-refractivity contribution in [3.05, 3.63) is 34.9 Å². The quantitative estimate of drug-likeness (QED) is 0.783. The highest BCUT2D eigenvalue weighted by Crippen LogP contribution is 2.19. The predicted molar refractivity (Wildman–Crippen MR) is 68.4 cm³/mol. The van der Waals surface area contributed by atoms with Gasteiger partial charge in [0.2, 0.25) is 0 Å². The van der Waals surface area contributed by atoms with Gasteiger partial charge in [-0.05, 0) is 49.7 Å². The first-order chi connectivity index (χ1) is 7.32.